The van der Waals surface area contributed by atoms with Gasteiger partial charge in [0.1, 0.15) is 108 Å². The predicted octanol–water partition coefficient (Wildman–Crippen LogP) is -6.76. The molecule has 0 aromatic heterocycles. The van der Waals surface area contributed by atoms with Crippen LogP contribution in [0.5, 0.6) is 0 Å². The van der Waals surface area contributed by atoms with Crippen molar-refractivity contribution in [1.29, 1.82) is 0 Å². The van der Waals surface area contributed by atoms with Crippen LogP contribution in [0, 0.1) is 71.0 Å². The van der Waals surface area contributed by atoms with Crippen molar-refractivity contribution in [2.24, 2.45) is 71.0 Å². The van der Waals surface area contributed by atoms with E-state index in [0.29, 0.717) is 25.7 Å². The number of alkyl halides is 11. The third kappa shape index (κ3) is 20.8. The van der Waals surface area contributed by atoms with E-state index in [0.717, 1.165) is 19.8 Å². The number of halogens is 11. The summed E-state index contributed by atoms with van der Waals surface area (Å²) in [6.45, 7) is 2.47. The molecule has 39 nitrogen and oxygen atoms in total. The maximum Gasteiger partial charge on any atom is 0.322 e. The average molecular weight is 2110 g/mol. The molecule has 0 N–H and O–H groups in total. The van der Waals surface area contributed by atoms with Gasteiger partial charge < -0.3 is 126 Å². The molecule has 13 rings (SSSR count). The summed E-state index contributed by atoms with van der Waals surface area (Å²) in [7, 11) is -3.92. The molecule has 51 heteroatoms. The first-order chi connectivity index (χ1) is 53.0. The average Bonchev–Trinajstić information content (AvgIpc) is 1.56. The van der Waals surface area contributed by atoms with Crippen LogP contribution in [0.15, 0.2) is 0 Å². The SMILES string of the molecule is CC(C)(Br)C(=O)OC1C2OC(=O)C3C2OC1C3C(=O)[O-].CC(OC(=O)CBr)C(F)(F)C(=O)[O-].O=C(CBr)OC1C2CC3C1OC(=O)C3C2C(=O)[O-].O=C(CBr)OC1C2CC3C1OS(=O)(=O)C3C2C(=O)[O-].O=C(CBr)OC1C2OC(=O)C3C2OC1C3C(=O)[O-].O=C(CBr)OC1CCCC(C(=O)[O-])C1.O=C(CBr)OCC(F)(F)C(=O)[O-]. The Bertz CT molecular complexity index is 3810. The van der Waals surface area contributed by atoms with E-state index in [-0.39, 0.29) is 55.9 Å². The van der Waals surface area contributed by atoms with Crippen molar-refractivity contribution in [2.75, 3.05) is 38.6 Å². The summed E-state index contributed by atoms with van der Waals surface area (Å²) < 4.78 is 137. The van der Waals surface area contributed by atoms with Gasteiger partial charge in [-0.1, -0.05) is 112 Å². The number of carbonyl (C=O) groups excluding carboxylic acids is 17. The summed E-state index contributed by atoms with van der Waals surface area (Å²) in [5.74, 6) is -34.7. The summed E-state index contributed by atoms with van der Waals surface area (Å²) >= 11 is 20.3. The van der Waals surface area contributed by atoms with Crippen LogP contribution in [0.3, 0.4) is 0 Å². The Morgan fingerprint density at radius 1 is 0.465 bits per heavy atom. The lowest BCUT2D eigenvalue weighted by Crippen LogP contribution is -2.51. The molecule has 0 aromatic rings. The summed E-state index contributed by atoms with van der Waals surface area (Å²) in [6, 6.07) is 0. The van der Waals surface area contributed by atoms with Gasteiger partial charge in [0.2, 0.25) is 0 Å². The molecule has 114 heavy (non-hydrogen) atoms. The zero-order chi connectivity index (χ0) is 85.8. The van der Waals surface area contributed by atoms with Crippen molar-refractivity contribution in [3.8, 4) is 0 Å². The predicted molar refractivity (Wildman–Crippen MR) is 361 cm³/mol. The van der Waals surface area contributed by atoms with Crippen molar-refractivity contribution >= 4 is 223 Å². The highest BCUT2D eigenvalue weighted by molar-refractivity contribution is 9.10. The topological polar surface area (TPSA) is 606 Å². The molecule has 8 heterocycles. The third-order valence-electron chi connectivity index (χ3n) is 20.2. The van der Waals surface area contributed by atoms with E-state index < -0.39 is 272 Å². The largest absolute Gasteiger partial charge is 0.550 e. The second kappa shape index (κ2) is 38.7. The number of aliphatic carboxylic acids is 7. The lowest BCUT2D eigenvalue weighted by atomic mass is 9.78. The quantitative estimate of drug-likeness (QED) is 0.0302. The highest BCUT2D eigenvalue weighted by atomic mass is 79.9. The molecule has 0 spiro atoms. The van der Waals surface area contributed by atoms with Crippen LogP contribution in [0.4, 0.5) is 17.6 Å². The van der Waals surface area contributed by atoms with Crippen LogP contribution >= 0.6 is 112 Å². The van der Waals surface area contributed by atoms with Gasteiger partial charge in [0.05, 0.1) is 17.8 Å². The number of ether oxygens (including phenoxy) is 12. The zero-order valence-electron chi connectivity index (χ0n) is 58.3. The molecule has 8 bridgehead atoms. The number of carboxylic acid groups (broad SMARTS) is 7. The summed E-state index contributed by atoms with van der Waals surface area (Å²) in [5.41, 5.74) is 0. The number of carbonyl (C=O) groups is 17. The molecule has 27 unspecified atom stereocenters. The van der Waals surface area contributed by atoms with Crippen molar-refractivity contribution in [1.82, 2.24) is 0 Å². The monoisotopic (exact) mass is 2100 g/mol. The van der Waals surface area contributed by atoms with Crippen LogP contribution in [0.25, 0.3) is 0 Å². The fourth-order valence-corrected chi connectivity index (χ4v) is 18.6. The standard InChI is InChI=1S/C12H13BrO7.C11H11BrO6.C10H11BrO7S.C10H9BrO7.C9H13BrO4.C6H7BrF2O4.C5H5BrF2O4/c1-12(2,13)11(17)20-8-5-3(9(14)15)4-6(18-5)7(8)19-10(4)16;12-2-5(13)17-8-3-1-4-7(6(3)10(14)15)11(16)18-9(4)8;11-2-5(12)17-7-3-1-4-8(7)18-19(15,16)9(4)6(3)10(13)14;11-1-2(12)16-7-5-3(9(13)14)4-6(17-5)8(7)18-10(4)15;10-5-8(11)14-7-3-1-2-6(4-7)9(12)13;1-3(13-4(10)2-7)6(8,9)5(11)12;6-1-3(9)12-2-5(7,8)4(10)11/h3-8H,1-2H3,(H,14,15);3-4,6-9H,1-2H2,(H,14,15);3-4,6-9H,1-2H2,(H,13,14);3-8H,1H2,(H,13,14);6-7H,1-5H2,(H,12,13);3H,2H2,1H3,(H,11,12);1-2H2,(H,10,11)/p-7. The molecule has 0 radical (unpaired) electrons. The van der Waals surface area contributed by atoms with Gasteiger partial charge in [-0.15, -0.1) is 0 Å². The Labute approximate surface area is 698 Å². The molecule has 5 aliphatic carbocycles. The minimum Gasteiger partial charge on any atom is -0.550 e. The Morgan fingerprint density at radius 2 is 0.877 bits per heavy atom. The van der Waals surface area contributed by atoms with Gasteiger partial charge in [0, 0.05) is 83.1 Å². The molecular formula is C63H62Br7F4O39S-7. The summed E-state index contributed by atoms with van der Waals surface area (Å²) in [4.78, 5) is 187. The molecule has 27 atom stereocenters. The number of carboxylic acids is 7. The molecule has 13 fully saturated rings. The van der Waals surface area contributed by atoms with E-state index in [9.17, 15) is 143 Å². The first kappa shape index (κ1) is 95.0. The highest BCUT2D eigenvalue weighted by Crippen LogP contribution is 2.60. The van der Waals surface area contributed by atoms with Crippen molar-refractivity contribution < 1.29 is 204 Å². The summed E-state index contributed by atoms with van der Waals surface area (Å²) in [5, 5.41) is 73.2. The zero-order valence-corrected chi connectivity index (χ0v) is 70.2. The lowest BCUT2D eigenvalue weighted by Gasteiger charge is -2.31. The second-order valence-electron chi connectivity index (χ2n) is 27.4. The number of rotatable bonds is 23. The van der Waals surface area contributed by atoms with Crippen molar-refractivity contribution in [3.05, 3.63) is 0 Å². The summed E-state index contributed by atoms with van der Waals surface area (Å²) in [6.07, 6.45) is -7.85. The van der Waals surface area contributed by atoms with E-state index in [1.54, 1.807) is 13.8 Å². The first-order valence-electron chi connectivity index (χ1n) is 33.5. The van der Waals surface area contributed by atoms with Crippen LogP contribution in [-0.4, -0.2) is 255 Å². The fourth-order valence-electron chi connectivity index (χ4n) is 15.6. The maximum absolute atomic E-state index is 12.5. The molecule has 0 amide bonds. The van der Waals surface area contributed by atoms with E-state index in [1.165, 1.54) is 0 Å². The second-order valence-corrected chi connectivity index (χ2v) is 34.5. The molecule has 5 saturated carbocycles. The third-order valence-corrected chi connectivity index (χ3v) is 25.1. The molecule has 13 aliphatic rings. The van der Waals surface area contributed by atoms with Crippen LogP contribution < -0.4 is 35.7 Å². The van der Waals surface area contributed by atoms with Gasteiger partial charge in [-0.2, -0.15) is 26.0 Å². The smallest absolute Gasteiger partial charge is 0.322 e. The highest BCUT2D eigenvalue weighted by Gasteiger charge is 2.73. The number of esters is 10. The van der Waals surface area contributed by atoms with E-state index in [4.69, 9.17) is 51.6 Å². The number of fused-ring (bicyclic) bond motifs is 4. The van der Waals surface area contributed by atoms with Gasteiger partial charge in [-0.25, -0.2) is 0 Å². The van der Waals surface area contributed by atoms with Gasteiger partial charge >= 0.3 is 71.5 Å². The molecule has 638 valence electrons. The van der Waals surface area contributed by atoms with Gasteiger partial charge in [-0.05, 0) is 59.3 Å². The fraction of sp³-hybridized carbons (Fsp3) is 0.730. The minimum absolute atomic E-state index is 0.0268. The maximum atomic E-state index is 12.5. The molecule has 8 aliphatic heterocycles. The van der Waals surface area contributed by atoms with Crippen LogP contribution in [-0.2, 0) is 153 Å². The molecule has 0 aromatic carbocycles. The molecule has 8 saturated heterocycles. The number of hydrogen-bond acceptors (Lipinski definition) is 39. The van der Waals surface area contributed by atoms with Crippen molar-refractivity contribution in [3.63, 3.8) is 0 Å². The van der Waals surface area contributed by atoms with Crippen molar-refractivity contribution in [2.45, 2.75) is 166 Å². The normalized spacial score (nSPS) is 34.7. The van der Waals surface area contributed by atoms with Crippen LogP contribution in [0.2, 0.25) is 0 Å². The molecular weight excluding hydrogens is 2050 g/mol. The van der Waals surface area contributed by atoms with E-state index >= 15 is 0 Å². The van der Waals surface area contributed by atoms with Gasteiger partial charge in [0.25, 0.3) is 10.1 Å². The Morgan fingerprint density at radius 3 is 1.31 bits per heavy atom. The van der Waals surface area contributed by atoms with Gasteiger partial charge in [-0.3, -0.25) is 52.1 Å². The Hall–Kier alpha value is -6.10. The van der Waals surface area contributed by atoms with E-state index in [2.05, 4.69) is 121 Å². The van der Waals surface area contributed by atoms with Gasteiger partial charge in [0.15, 0.2) is 37.1 Å². The Kier molecular flexibility index (Phi) is 32.3. The minimum atomic E-state index is -4.17. The first-order valence-corrected chi connectivity index (χ1v) is 42.5. The Balaban J connectivity index is 0.000000186. The number of hydrogen-bond donors (Lipinski definition) is 0. The van der Waals surface area contributed by atoms with E-state index in [1.807, 2.05) is 0 Å². The lowest BCUT2D eigenvalue weighted by molar-refractivity contribution is -0.335. The van der Waals surface area contributed by atoms with Crippen LogP contribution in [0.1, 0.15) is 59.3 Å².